The zero-order chi connectivity index (χ0) is 14.1. The Hall–Kier alpha value is -1.98. The van der Waals surface area contributed by atoms with Crippen LogP contribution in [0.3, 0.4) is 0 Å². The van der Waals surface area contributed by atoms with Gasteiger partial charge in [0.25, 0.3) is 0 Å². The number of hydrazine groups is 1. The number of rotatable bonds is 2. The molecule has 3 aromatic rings. The molecule has 0 atom stereocenters. The van der Waals surface area contributed by atoms with E-state index in [0.717, 1.165) is 10.0 Å². The summed E-state index contributed by atoms with van der Waals surface area (Å²) in [6, 6.07) is 14.4. The van der Waals surface area contributed by atoms with Gasteiger partial charge in [0.05, 0.1) is 11.4 Å². The van der Waals surface area contributed by atoms with Gasteiger partial charge in [-0.15, -0.1) is 0 Å². The maximum absolute atomic E-state index is 14.0. The first-order valence-corrected chi connectivity index (χ1v) is 6.81. The van der Waals surface area contributed by atoms with Gasteiger partial charge in [0.15, 0.2) is 0 Å². The molecule has 0 saturated heterocycles. The van der Waals surface area contributed by atoms with Crippen LogP contribution in [-0.4, -0.2) is 4.98 Å². The fourth-order valence-electron chi connectivity index (χ4n) is 2.14. The molecule has 0 amide bonds. The Bertz CT molecular complexity index is 775. The van der Waals surface area contributed by atoms with Crippen molar-refractivity contribution in [1.82, 2.24) is 4.98 Å². The molecule has 3 rings (SSSR count). The average molecular weight is 332 g/mol. The van der Waals surface area contributed by atoms with Gasteiger partial charge in [-0.25, -0.2) is 9.37 Å². The summed E-state index contributed by atoms with van der Waals surface area (Å²) in [5.74, 6) is 5.18. The van der Waals surface area contributed by atoms with Crippen molar-refractivity contribution >= 4 is 32.5 Å². The third-order valence-corrected chi connectivity index (χ3v) is 3.75. The predicted octanol–water partition coefficient (Wildman–Crippen LogP) is 4.09. The molecule has 0 fully saturated rings. The highest BCUT2D eigenvalue weighted by molar-refractivity contribution is 9.10. The molecule has 100 valence electrons. The number of halogens is 2. The van der Waals surface area contributed by atoms with Crippen molar-refractivity contribution in [2.75, 3.05) is 5.43 Å². The number of hydrogen-bond acceptors (Lipinski definition) is 3. The summed E-state index contributed by atoms with van der Waals surface area (Å²) in [6.07, 6.45) is 0. The normalized spacial score (nSPS) is 10.8. The summed E-state index contributed by atoms with van der Waals surface area (Å²) < 4.78 is 14.8. The number of benzene rings is 2. The van der Waals surface area contributed by atoms with E-state index < -0.39 is 0 Å². The van der Waals surface area contributed by atoms with E-state index in [2.05, 4.69) is 26.3 Å². The fourth-order valence-corrected chi connectivity index (χ4v) is 2.67. The zero-order valence-electron chi connectivity index (χ0n) is 10.4. The Morgan fingerprint density at radius 1 is 1.10 bits per heavy atom. The van der Waals surface area contributed by atoms with Gasteiger partial charge in [-0.05, 0) is 18.2 Å². The van der Waals surface area contributed by atoms with Gasteiger partial charge in [0.1, 0.15) is 11.3 Å². The van der Waals surface area contributed by atoms with Gasteiger partial charge in [-0.2, -0.15) is 0 Å². The molecule has 0 unspecified atom stereocenters. The molecule has 2 aromatic carbocycles. The van der Waals surface area contributed by atoms with Crippen LogP contribution in [0, 0.1) is 5.82 Å². The Labute approximate surface area is 123 Å². The van der Waals surface area contributed by atoms with Crippen molar-refractivity contribution in [3.05, 3.63) is 58.8 Å². The SMILES string of the molecule is NNc1cc(-c2ccccc2)nc2c(F)ccc(Br)c12. The number of hydrogen-bond donors (Lipinski definition) is 2. The largest absolute Gasteiger partial charge is 0.323 e. The molecule has 0 radical (unpaired) electrons. The smallest absolute Gasteiger partial charge is 0.149 e. The van der Waals surface area contributed by atoms with Gasteiger partial charge in [-0.1, -0.05) is 46.3 Å². The Morgan fingerprint density at radius 3 is 2.55 bits per heavy atom. The summed E-state index contributed by atoms with van der Waals surface area (Å²) in [7, 11) is 0. The lowest BCUT2D eigenvalue weighted by Crippen LogP contribution is -2.08. The average Bonchev–Trinajstić information content (AvgIpc) is 2.51. The quantitative estimate of drug-likeness (QED) is 0.549. The molecule has 0 spiro atoms. The molecule has 0 aliphatic heterocycles. The molecule has 20 heavy (non-hydrogen) atoms. The Morgan fingerprint density at radius 2 is 1.85 bits per heavy atom. The first kappa shape index (κ1) is 13.0. The van der Waals surface area contributed by atoms with Crippen molar-refractivity contribution in [2.45, 2.75) is 0 Å². The van der Waals surface area contributed by atoms with Gasteiger partial charge < -0.3 is 5.43 Å². The summed E-state index contributed by atoms with van der Waals surface area (Å²) in [5.41, 5.74) is 5.10. The summed E-state index contributed by atoms with van der Waals surface area (Å²) in [6.45, 7) is 0. The highest BCUT2D eigenvalue weighted by Crippen LogP contribution is 2.34. The molecule has 0 aliphatic carbocycles. The van der Waals surface area contributed by atoms with Crippen LogP contribution in [-0.2, 0) is 0 Å². The van der Waals surface area contributed by atoms with Gasteiger partial charge >= 0.3 is 0 Å². The highest BCUT2D eigenvalue weighted by Gasteiger charge is 2.13. The van der Waals surface area contributed by atoms with E-state index >= 15 is 0 Å². The summed E-state index contributed by atoms with van der Waals surface area (Å²) in [4.78, 5) is 4.41. The van der Waals surface area contributed by atoms with Crippen LogP contribution in [0.4, 0.5) is 10.1 Å². The number of nitrogens with zero attached hydrogens (tertiary/aromatic N) is 1. The lowest BCUT2D eigenvalue weighted by molar-refractivity contribution is 0.637. The molecule has 3 nitrogen and oxygen atoms in total. The topological polar surface area (TPSA) is 50.9 Å². The molecule has 0 bridgehead atoms. The number of aromatic nitrogens is 1. The second kappa shape index (κ2) is 5.19. The standard InChI is InChI=1S/C15H11BrFN3/c16-10-6-7-11(17)15-14(10)13(20-18)8-12(19-15)9-4-2-1-3-5-9/h1-8H,18H2,(H,19,20). The van der Waals surface area contributed by atoms with E-state index in [-0.39, 0.29) is 11.3 Å². The zero-order valence-corrected chi connectivity index (χ0v) is 12.0. The van der Waals surface area contributed by atoms with Crippen molar-refractivity contribution in [1.29, 1.82) is 0 Å². The molecule has 3 N–H and O–H groups in total. The maximum Gasteiger partial charge on any atom is 0.149 e. The van der Waals surface area contributed by atoms with E-state index in [1.54, 1.807) is 6.07 Å². The van der Waals surface area contributed by atoms with Crippen molar-refractivity contribution in [2.24, 2.45) is 5.84 Å². The minimum absolute atomic E-state index is 0.286. The number of fused-ring (bicyclic) bond motifs is 1. The van der Waals surface area contributed by atoms with Crippen LogP contribution in [0.15, 0.2) is 53.0 Å². The third kappa shape index (κ3) is 2.15. The number of pyridine rings is 1. The van der Waals surface area contributed by atoms with Gasteiger partial charge in [0, 0.05) is 15.4 Å². The van der Waals surface area contributed by atoms with E-state index in [0.29, 0.717) is 16.8 Å². The fraction of sp³-hybridized carbons (Fsp3) is 0. The van der Waals surface area contributed by atoms with Crippen LogP contribution in [0.25, 0.3) is 22.2 Å². The van der Waals surface area contributed by atoms with Gasteiger partial charge in [0.2, 0.25) is 0 Å². The highest BCUT2D eigenvalue weighted by atomic mass is 79.9. The first-order chi connectivity index (χ1) is 9.70. The van der Waals surface area contributed by atoms with Crippen molar-refractivity contribution in [3.63, 3.8) is 0 Å². The third-order valence-electron chi connectivity index (χ3n) is 3.09. The second-order valence-corrected chi connectivity index (χ2v) is 5.17. The Balaban J connectivity index is 2.35. The Kier molecular flexibility index (Phi) is 3.38. The maximum atomic E-state index is 14.0. The number of nitrogens with two attached hydrogens (primary N) is 1. The monoisotopic (exact) mass is 331 g/mol. The lowest BCUT2D eigenvalue weighted by atomic mass is 10.1. The predicted molar refractivity (Wildman–Crippen MR) is 82.6 cm³/mol. The molecule has 0 aliphatic rings. The molecule has 0 saturated carbocycles. The van der Waals surface area contributed by atoms with E-state index in [1.807, 2.05) is 36.4 Å². The van der Waals surface area contributed by atoms with Crippen LogP contribution in [0.5, 0.6) is 0 Å². The van der Waals surface area contributed by atoms with Crippen molar-refractivity contribution in [3.8, 4) is 11.3 Å². The van der Waals surface area contributed by atoms with Gasteiger partial charge in [-0.3, -0.25) is 5.84 Å². The van der Waals surface area contributed by atoms with E-state index in [1.165, 1.54) is 6.07 Å². The number of nitrogens with one attached hydrogen (secondary N) is 1. The lowest BCUT2D eigenvalue weighted by Gasteiger charge is -2.11. The van der Waals surface area contributed by atoms with E-state index in [9.17, 15) is 4.39 Å². The molecular formula is C15H11BrFN3. The minimum atomic E-state index is -0.377. The van der Waals surface area contributed by atoms with Crippen LogP contribution < -0.4 is 11.3 Å². The minimum Gasteiger partial charge on any atom is -0.323 e. The first-order valence-electron chi connectivity index (χ1n) is 6.01. The molecule has 1 heterocycles. The molecule has 1 aromatic heterocycles. The molecule has 5 heteroatoms. The van der Waals surface area contributed by atoms with Crippen molar-refractivity contribution < 1.29 is 4.39 Å². The number of anilines is 1. The summed E-state index contributed by atoms with van der Waals surface area (Å²) >= 11 is 3.40. The second-order valence-electron chi connectivity index (χ2n) is 4.32. The molecular weight excluding hydrogens is 321 g/mol. The number of nitrogen functional groups attached to an aromatic ring is 1. The summed E-state index contributed by atoms with van der Waals surface area (Å²) in [5, 5.41) is 0.632. The van der Waals surface area contributed by atoms with Crippen LogP contribution in [0.1, 0.15) is 0 Å². The van der Waals surface area contributed by atoms with Crippen LogP contribution >= 0.6 is 15.9 Å². The van der Waals surface area contributed by atoms with Crippen LogP contribution in [0.2, 0.25) is 0 Å². The van der Waals surface area contributed by atoms with E-state index in [4.69, 9.17) is 5.84 Å².